The third-order valence-corrected chi connectivity index (χ3v) is 6.08. The molecule has 2 aliphatic rings. The highest BCUT2D eigenvalue weighted by Crippen LogP contribution is 2.45. The molecule has 3 heteroatoms. The van der Waals surface area contributed by atoms with E-state index in [2.05, 4.69) is 77.2 Å². The van der Waals surface area contributed by atoms with E-state index in [0.717, 1.165) is 31.2 Å². The molecule has 2 aliphatic heterocycles. The topological polar surface area (TPSA) is 25.2 Å². The molecule has 3 heterocycles. The van der Waals surface area contributed by atoms with E-state index in [1.807, 2.05) is 0 Å². The highest BCUT2D eigenvalue weighted by molar-refractivity contribution is 5.87. The summed E-state index contributed by atoms with van der Waals surface area (Å²) in [5.74, 6) is 0. The van der Waals surface area contributed by atoms with Crippen molar-refractivity contribution in [3.05, 3.63) is 83.1 Å². The van der Waals surface area contributed by atoms with Crippen molar-refractivity contribution in [1.82, 2.24) is 9.47 Å². The maximum Gasteiger partial charge on any atom is 0.147 e. The second kappa shape index (κ2) is 5.96. The van der Waals surface area contributed by atoms with Crippen molar-refractivity contribution in [2.75, 3.05) is 0 Å². The van der Waals surface area contributed by atoms with E-state index in [9.17, 15) is 4.79 Å². The van der Waals surface area contributed by atoms with Crippen LogP contribution in [-0.4, -0.2) is 21.8 Å². The summed E-state index contributed by atoms with van der Waals surface area (Å²) < 4.78 is 2.36. The highest BCUT2D eigenvalue weighted by Gasteiger charge is 2.41. The van der Waals surface area contributed by atoms with E-state index < -0.39 is 0 Å². The standard InChI is InChI=1S/C23H22N2O/c1-24-20-10-6-5-9-18(20)19-13-22-17(15-26)11-12-21(23(19)24)25(22)14-16-7-3-2-4-8-16/h2-11,15,21-22H,12-14H2,1H3/t21-,22-/m0/s1. The Labute approximate surface area is 153 Å². The molecule has 130 valence electrons. The molecule has 0 saturated heterocycles. The Bertz CT molecular complexity index is 1020. The van der Waals surface area contributed by atoms with Gasteiger partial charge in [0.1, 0.15) is 6.29 Å². The van der Waals surface area contributed by atoms with Crippen molar-refractivity contribution < 1.29 is 4.79 Å². The van der Waals surface area contributed by atoms with Gasteiger partial charge in [0.25, 0.3) is 0 Å². The summed E-state index contributed by atoms with van der Waals surface area (Å²) in [6, 6.07) is 19.7. The van der Waals surface area contributed by atoms with Gasteiger partial charge in [0.2, 0.25) is 0 Å². The molecule has 1 aromatic heterocycles. The Balaban J connectivity index is 1.66. The number of aromatic nitrogens is 1. The molecular formula is C23H22N2O. The van der Waals surface area contributed by atoms with Crippen molar-refractivity contribution in [3.8, 4) is 0 Å². The summed E-state index contributed by atoms with van der Waals surface area (Å²) >= 11 is 0. The summed E-state index contributed by atoms with van der Waals surface area (Å²) in [6.07, 6.45) is 5.03. The van der Waals surface area contributed by atoms with Gasteiger partial charge in [-0.3, -0.25) is 9.69 Å². The van der Waals surface area contributed by atoms with Gasteiger partial charge in [-0.25, -0.2) is 0 Å². The van der Waals surface area contributed by atoms with Crippen LogP contribution in [0.2, 0.25) is 0 Å². The average molecular weight is 342 g/mol. The van der Waals surface area contributed by atoms with Crippen LogP contribution >= 0.6 is 0 Å². The first kappa shape index (κ1) is 15.6. The molecule has 2 atom stereocenters. The lowest BCUT2D eigenvalue weighted by atomic mass is 9.82. The van der Waals surface area contributed by atoms with Gasteiger partial charge in [-0.2, -0.15) is 0 Å². The number of para-hydroxylation sites is 1. The fraction of sp³-hybridized carbons (Fsp3) is 0.261. The Kier molecular flexibility index (Phi) is 3.57. The van der Waals surface area contributed by atoms with Crippen LogP contribution < -0.4 is 0 Å². The lowest BCUT2D eigenvalue weighted by Gasteiger charge is -2.45. The molecule has 0 aliphatic carbocycles. The number of benzene rings is 2. The van der Waals surface area contributed by atoms with Crippen molar-refractivity contribution in [2.24, 2.45) is 7.05 Å². The van der Waals surface area contributed by atoms with Gasteiger partial charge in [0.15, 0.2) is 0 Å². The predicted octanol–water partition coefficient (Wildman–Crippen LogP) is 4.18. The number of hydrogen-bond donors (Lipinski definition) is 0. The summed E-state index contributed by atoms with van der Waals surface area (Å²) in [6.45, 7) is 0.877. The number of fused-ring (bicyclic) bond motifs is 6. The van der Waals surface area contributed by atoms with Crippen LogP contribution in [0.4, 0.5) is 0 Å². The third-order valence-electron chi connectivity index (χ3n) is 6.08. The molecule has 2 aromatic carbocycles. The maximum absolute atomic E-state index is 11.7. The van der Waals surface area contributed by atoms with Gasteiger partial charge in [-0.05, 0) is 30.0 Å². The first-order chi connectivity index (χ1) is 12.8. The third kappa shape index (κ3) is 2.20. The van der Waals surface area contributed by atoms with Crippen LogP contribution in [-0.2, 0) is 24.8 Å². The van der Waals surface area contributed by atoms with Crippen LogP contribution in [0.15, 0.2) is 66.2 Å². The fourth-order valence-electron chi connectivity index (χ4n) is 4.90. The van der Waals surface area contributed by atoms with Crippen LogP contribution in [0.5, 0.6) is 0 Å². The van der Waals surface area contributed by atoms with Crippen LogP contribution in [0.25, 0.3) is 10.9 Å². The first-order valence-electron chi connectivity index (χ1n) is 9.29. The van der Waals surface area contributed by atoms with Crippen LogP contribution in [0.3, 0.4) is 0 Å². The summed E-state index contributed by atoms with van der Waals surface area (Å²) in [7, 11) is 2.18. The van der Waals surface area contributed by atoms with Gasteiger partial charge in [-0.15, -0.1) is 0 Å². The molecule has 0 fully saturated rings. The average Bonchev–Trinajstić information content (AvgIpc) is 2.95. The van der Waals surface area contributed by atoms with Crippen LogP contribution in [0, 0.1) is 0 Å². The lowest BCUT2D eigenvalue weighted by Crippen LogP contribution is -2.47. The largest absolute Gasteiger partial charge is 0.346 e. The zero-order valence-electron chi connectivity index (χ0n) is 14.9. The molecule has 3 aromatic rings. The fourth-order valence-corrected chi connectivity index (χ4v) is 4.90. The molecule has 0 saturated carbocycles. The van der Waals surface area contributed by atoms with Gasteiger partial charge >= 0.3 is 0 Å². The van der Waals surface area contributed by atoms with E-state index in [1.54, 1.807) is 0 Å². The van der Waals surface area contributed by atoms with Crippen LogP contribution in [0.1, 0.15) is 29.3 Å². The quantitative estimate of drug-likeness (QED) is 0.667. The van der Waals surface area contributed by atoms with E-state index in [0.29, 0.717) is 6.04 Å². The smallest absolute Gasteiger partial charge is 0.147 e. The Morgan fingerprint density at radius 2 is 1.81 bits per heavy atom. The number of aldehydes is 1. The number of carbonyl (C=O) groups excluding carboxylic acids is 1. The molecule has 3 nitrogen and oxygen atoms in total. The molecule has 2 bridgehead atoms. The van der Waals surface area contributed by atoms with E-state index in [4.69, 9.17) is 0 Å². The zero-order chi connectivity index (χ0) is 17.7. The molecular weight excluding hydrogens is 320 g/mol. The second-order valence-corrected chi connectivity index (χ2v) is 7.39. The van der Waals surface area contributed by atoms with E-state index >= 15 is 0 Å². The number of aryl methyl sites for hydroxylation is 1. The Hall–Kier alpha value is -2.65. The second-order valence-electron chi connectivity index (χ2n) is 7.39. The van der Waals surface area contributed by atoms with Gasteiger partial charge < -0.3 is 4.57 Å². The zero-order valence-corrected chi connectivity index (χ0v) is 14.9. The van der Waals surface area contributed by atoms with Crippen molar-refractivity contribution >= 4 is 17.2 Å². The van der Waals surface area contributed by atoms with E-state index in [1.165, 1.54) is 27.7 Å². The minimum absolute atomic E-state index is 0.171. The molecule has 0 spiro atoms. The minimum atomic E-state index is 0.171. The number of carbonyl (C=O) groups is 1. The number of rotatable bonds is 3. The molecule has 0 unspecified atom stereocenters. The number of nitrogens with zero attached hydrogens (tertiary/aromatic N) is 2. The highest BCUT2D eigenvalue weighted by atomic mass is 16.1. The summed E-state index contributed by atoms with van der Waals surface area (Å²) in [4.78, 5) is 14.3. The molecule has 26 heavy (non-hydrogen) atoms. The molecule has 5 rings (SSSR count). The maximum atomic E-state index is 11.7. The van der Waals surface area contributed by atoms with E-state index in [-0.39, 0.29) is 6.04 Å². The van der Waals surface area contributed by atoms with Gasteiger partial charge in [-0.1, -0.05) is 54.6 Å². The molecule has 0 N–H and O–H groups in total. The monoisotopic (exact) mass is 342 g/mol. The van der Waals surface area contributed by atoms with Crippen molar-refractivity contribution in [1.29, 1.82) is 0 Å². The summed E-state index contributed by atoms with van der Waals surface area (Å²) in [5, 5.41) is 1.34. The van der Waals surface area contributed by atoms with Crippen molar-refractivity contribution in [3.63, 3.8) is 0 Å². The SMILES string of the molecule is Cn1c2c(c3ccccc31)C[C@H]1C(C=O)=CC[C@@H]2N1Cc1ccccc1. The predicted molar refractivity (Wildman–Crippen MR) is 104 cm³/mol. The van der Waals surface area contributed by atoms with Crippen molar-refractivity contribution in [2.45, 2.75) is 31.5 Å². The summed E-state index contributed by atoms with van der Waals surface area (Å²) in [5.41, 5.74) is 6.37. The minimum Gasteiger partial charge on any atom is -0.346 e. The first-order valence-corrected chi connectivity index (χ1v) is 9.29. The Morgan fingerprint density at radius 1 is 1.04 bits per heavy atom. The number of hydrogen-bond acceptors (Lipinski definition) is 2. The van der Waals surface area contributed by atoms with Gasteiger partial charge in [0.05, 0.1) is 6.04 Å². The molecule has 0 amide bonds. The molecule has 0 radical (unpaired) electrons. The Morgan fingerprint density at radius 3 is 2.62 bits per heavy atom. The lowest BCUT2D eigenvalue weighted by molar-refractivity contribution is -0.106. The van der Waals surface area contributed by atoms with Gasteiger partial charge in [0, 0.05) is 41.8 Å². The normalized spacial score (nSPS) is 22.1.